The van der Waals surface area contributed by atoms with Crippen LogP contribution in [0.15, 0.2) is 54.9 Å². The summed E-state index contributed by atoms with van der Waals surface area (Å²) in [6, 6.07) is 15.5. The van der Waals surface area contributed by atoms with E-state index in [9.17, 15) is 9.59 Å². The highest BCUT2D eigenvalue weighted by atomic mass is 16.6. The summed E-state index contributed by atoms with van der Waals surface area (Å²) in [6.07, 6.45) is 0.267. The van der Waals surface area contributed by atoms with Gasteiger partial charge in [0.2, 0.25) is 0 Å². The van der Waals surface area contributed by atoms with E-state index in [1.807, 2.05) is 62.4 Å². The maximum Gasteiger partial charge on any atom is 0.359 e. The number of methoxy groups -OCH3 is 2. The number of nitrogens with zero attached hydrogens (tertiary/aromatic N) is 2. The quantitative estimate of drug-likeness (QED) is 0.448. The van der Waals surface area contributed by atoms with E-state index < -0.39 is 24.3 Å². The molecule has 9 nitrogen and oxygen atoms in total. The van der Waals surface area contributed by atoms with Gasteiger partial charge in [0, 0.05) is 6.42 Å². The Morgan fingerprint density at radius 2 is 1.54 bits per heavy atom. The number of rotatable bonds is 8. The molecule has 1 saturated heterocycles. The van der Waals surface area contributed by atoms with Crippen LogP contribution in [-0.2, 0) is 14.2 Å². The van der Waals surface area contributed by atoms with Crippen molar-refractivity contribution in [2.45, 2.75) is 38.7 Å². The Kier molecular flexibility index (Phi) is 7.36. The first-order valence-corrected chi connectivity index (χ1v) is 11.2. The SMILES string of the molecule is COC(=O)c1ncn(C2CC(Oc3ccc(C)cc3)C(COc3ccc(C)cc3)O2)c1C(=O)OC. The largest absolute Gasteiger partial charge is 0.491 e. The van der Waals surface area contributed by atoms with E-state index in [2.05, 4.69) is 4.98 Å². The van der Waals surface area contributed by atoms with Gasteiger partial charge in [-0.05, 0) is 38.1 Å². The molecule has 3 aromatic rings. The van der Waals surface area contributed by atoms with Crippen molar-refractivity contribution in [1.82, 2.24) is 9.55 Å². The van der Waals surface area contributed by atoms with Crippen LogP contribution >= 0.6 is 0 Å². The first-order valence-electron chi connectivity index (χ1n) is 11.2. The number of imidazole rings is 1. The van der Waals surface area contributed by atoms with Gasteiger partial charge in [0.05, 0.1) is 20.5 Å². The van der Waals surface area contributed by atoms with Crippen LogP contribution in [0, 0.1) is 13.8 Å². The summed E-state index contributed by atoms with van der Waals surface area (Å²) in [6.45, 7) is 4.23. The maximum absolute atomic E-state index is 12.5. The smallest absolute Gasteiger partial charge is 0.359 e. The first-order chi connectivity index (χ1) is 16.9. The molecular weight excluding hydrogens is 452 g/mol. The van der Waals surface area contributed by atoms with E-state index in [0.29, 0.717) is 17.9 Å². The number of hydrogen-bond donors (Lipinski definition) is 0. The molecule has 0 saturated carbocycles. The number of benzene rings is 2. The van der Waals surface area contributed by atoms with Crippen LogP contribution in [0.2, 0.25) is 0 Å². The molecule has 1 aromatic heterocycles. The molecular formula is C26H28N2O7. The summed E-state index contributed by atoms with van der Waals surface area (Å²) in [4.78, 5) is 28.8. The Morgan fingerprint density at radius 3 is 2.14 bits per heavy atom. The predicted octanol–water partition coefficient (Wildman–Crippen LogP) is 3.89. The zero-order valence-corrected chi connectivity index (χ0v) is 20.1. The van der Waals surface area contributed by atoms with E-state index >= 15 is 0 Å². The lowest BCUT2D eigenvalue weighted by molar-refractivity contribution is -0.0366. The van der Waals surface area contributed by atoms with E-state index in [4.69, 9.17) is 23.7 Å². The van der Waals surface area contributed by atoms with Gasteiger partial charge in [-0.25, -0.2) is 14.6 Å². The minimum Gasteiger partial charge on any atom is -0.491 e. The third kappa shape index (κ3) is 5.46. The van der Waals surface area contributed by atoms with Crippen LogP contribution in [0.3, 0.4) is 0 Å². The van der Waals surface area contributed by atoms with Gasteiger partial charge in [-0.1, -0.05) is 35.4 Å². The highest BCUT2D eigenvalue weighted by Gasteiger charge is 2.41. The molecule has 184 valence electrons. The third-order valence-electron chi connectivity index (χ3n) is 5.79. The van der Waals surface area contributed by atoms with Crippen LogP contribution in [0.5, 0.6) is 11.5 Å². The molecule has 3 atom stereocenters. The molecule has 2 heterocycles. The molecule has 0 aliphatic carbocycles. The second-order valence-corrected chi connectivity index (χ2v) is 8.29. The summed E-state index contributed by atoms with van der Waals surface area (Å²) < 4.78 is 29.6. The van der Waals surface area contributed by atoms with Gasteiger partial charge < -0.3 is 23.7 Å². The Bertz CT molecular complexity index is 1170. The number of carbonyl (C=O) groups excluding carboxylic acids is 2. The zero-order valence-electron chi connectivity index (χ0n) is 20.1. The van der Waals surface area contributed by atoms with Crippen LogP contribution in [0.25, 0.3) is 0 Å². The molecule has 0 amide bonds. The topological polar surface area (TPSA) is 98.1 Å². The highest BCUT2D eigenvalue weighted by Crippen LogP contribution is 2.34. The minimum atomic E-state index is -0.742. The lowest BCUT2D eigenvalue weighted by Gasteiger charge is -2.20. The van der Waals surface area contributed by atoms with Gasteiger partial charge >= 0.3 is 11.9 Å². The van der Waals surface area contributed by atoms with Crippen LogP contribution in [0.4, 0.5) is 0 Å². The molecule has 1 aliphatic heterocycles. The highest BCUT2D eigenvalue weighted by molar-refractivity contribution is 6.00. The molecule has 0 spiro atoms. The standard InChI is InChI=1S/C26H28N2O7/c1-16-5-9-18(10-6-16)33-14-21-20(34-19-11-7-17(2)8-12-19)13-22(35-21)28-15-27-23(25(29)31-3)24(28)26(30)32-4/h5-12,15,20-22H,13-14H2,1-4H3. The molecule has 0 N–H and O–H groups in total. The number of aromatic nitrogens is 2. The van der Waals surface area contributed by atoms with E-state index in [-0.39, 0.29) is 24.1 Å². The van der Waals surface area contributed by atoms with Gasteiger partial charge in [-0.2, -0.15) is 0 Å². The Hall–Kier alpha value is -3.85. The number of hydrogen-bond acceptors (Lipinski definition) is 8. The van der Waals surface area contributed by atoms with Gasteiger partial charge in [0.25, 0.3) is 0 Å². The van der Waals surface area contributed by atoms with Gasteiger partial charge in [0.1, 0.15) is 36.5 Å². The van der Waals surface area contributed by atoms with Crippen molar-refractivity contribution in [2.75, 3.05) is 20.8 Å². The first kappa shape index (κ1) is 24.3. The third-order valence-corrected chi connectivity index (χ3v) is 5.79. The number of aryl methyl sites for hydroxylation is 2. The molecule has 9 heteroatoms. The molecule has 4 rings (SSSR count). The zero-order chi connectivity index (χ0) is 24.9. The molecule has 2 aromatic carbocycles. The lowest BCUT2D eigenvalue weighted by Crippen LogP contribution is -2.32. The van der Waals surface area contributed by atoms with Crippen molar-refractivity contribution in [1.29, 1.82) is 0 Å². The normalized spacial score (nSPS) is 19.3. The van der Waals surface area contributed by atoms with E-state index in [1.54, 1.807) is 0 Å². The fourth-order valence-electron chi connectivity index (χ4n) is 3.87. The van der Waals surface area contributed by atoms with E-state index in [1.165, 1.54) is 25.1 Å². The predicted molar refractivity (Wildman–Crippen MR) is 126 cm³/mol. The Balaban J connectivity index is 1.59. The monoisotopic (exact) mass is 480 g/mol. The Labute approximate surface area is 203 Å². The van der Waals surface area contributed by atoms with Crippen molar-refractivity contribution in [3.8, 4) is 11.5 Å². The number of ether oxygens (including phenoxy) is 5. The lowest BCUT2D eigenvalue weighted by atomic mass is 10.1. The van der Waals surface area contributed by atoms with Crippen molar-refractivity contribution in [3.05, 3.63) is 77.4 Å². The minimum absolute atomic E-state index is 0.0430. The van der Waals surface area contributed by atoms with Gasteiger partial charge in [0.15, 0.2) is 11.4 Å². The summed E-state index contributed by atoms with van der Waals surface area (Å²) in [5, 5.41) is 0. The van der Waals surface area contributed by atoms with Crippen molar-refractivity contribution >= 4 is 11.9 Å². The van der Waals surface area contributed by atoms with E-state index in [0.717, 1.165) is 11.1 Å². The molecule has 1 fully saturated rings. The average molecular weight is 481 g/mol. The second-order valence-electron chi connectivity index (χ2n) is 8.29. The molecule has 0 radical (unpaired) electrons. The number of esters is 2. The molecule has 0 bridgehead atoms. The average Bonchev–Trinajstić information content (AvgIpc) is 3.48. The van der Waals surface area contributed by atoms with Crippen LogP contribution in [0.1, 0.15) is 44.8 Å². The number of carbonyl (C=O) groups is 2. The van der Waals surface area contributed by atoms with Crippen molar-refractivity contribution in [3.63, 3.8) is 0 Å². The molecule has 35 heavy (non-hydrogen) atoms. The fraction of sp³-hybridized carbons (Fsp3) is 0.346. The Morgan fingerprint density at radius 1 is 0.943 bits per heavy atom. The van der Waals surface area contributed by atoms with Gasteiger partial charge in [-0.15, -0.1) is 0 Å². The van der Waals surface area contributed by atoms with Crippen molar-refractivity contribution < 1.29 is 33.3 Å². The molecule has 3 unspecified atom stereocenters. The summed E-state index contributed by atoms with van der Waals surface area (Å²) in [7, 11) is 2.45. The van der Waals surface area contributed by atoms with Gasteiger partial charge in [-0.3, -0.25) is 4.57 Å². The summed E-state index contributed by atoms with van der Waals surface area (Å²) in [5.41, 5.74) is 2.07. The second kappa shape index (κ2) is 10.6. The molecule has 1 aliphatic rings. The summed E-state index contributed by atoms with van der Waals surface area (Å²) >= 11 is 0. The van der Waals surface area contributed by atoms with Crippen LogP contribution < -0.4 is 9.47 Å². The maximum atomic E-state index is 12.5. The summed E-state index contributed by atoms with van der Waals surface area (Å²) in [5.74, 6) is -0.0578. The van der Waals surface area contributed by atoms with Crippen molar-refractivity contribution in [2.24, 2.45) is 0 Å². The van der Waals surface area contributed by atoms with Crippen LogP contribution in [-0.4, -0.2) is 54.5 Å². The fourth-order valence-corrected chi connectivity index (χ4v) is 3.87.